The molecule has 14 heavy (non-hydrogen) atoms. The number of nitrogens with two attached hydrogens (primary N) is 1. The maximum absolute atomic E-state index is 8.78. The van der Waals surface area contributed by atoms with Crippen LogP contribution >= 0.6 is 0 Å². The Morgan fingerprint density at radius 2 is 2.29 bits per heavy atom. The van der Waals surface area contributed by atoms with Gasteiger partial charge in [0, 0.05) is 12.3 Å². The summed E-state index contributed by atoms with van der Waals surface area (Å²) in [5, 5.41) is 8.78. The highest BCUT2D eigenvalue weighted by Gasteiger charge is 2.12. The van der Waals surface area contributed by atoms with Gasteiger partial charge in [-0.05, 0) is 25.5 Å². The monoisotopic (exact) mass is 196 g/mol. The summed E-state index contributed by atoms with van der Waals surface area (Å²) in [7, 11) is 1.58. The van der Waals surface area contributed by atoms with E-state index in [9.17, 15) is 0 Å². The standard InChI is InChI=1S/C10H16N2O2/c1-7-3-4-9(14-2)10(12-7)8(11)5-6-13/h3-4,8,13H,5-6,11H2,1-2H3. The number of aryl methyl sites for hydroxylation is 1. The normalized spacial score (nSPS) is 12.6. The van der Waals surface area contributed by atoms with Crippen LogP contribution in [0.2, 0.25) is 0 Å². The maximum Gasteiger partial charge on any atom is 0.141 e. The van der Waals surface area contributed by atoms with Crippen LogP contribution in [-0.2, 0) is 0 Å². The number of aliphatic hydroxyl groups is 1. The van der Waals surface area contributed by atoms with Gasteiger partial charge >= 0.3 is 0 Å². The van der Waals surface area contributed by atoms with Crippen LogP contribution in [-0.4, -0.2) is 23.8 Å². The quantitative estimate of drug-likeness (QED) is 0.746. The fraction of sp³-hybridized carbons (Fsp3) is 0.500. The molecule has 1 aromatic rings. The summed E-state index contributed by atoms with van der Waals surface area (Å²) >= 11 is 0. The van der Waals surface area contributed by atoms with Crippen LogP contribution < -0.4 is 10.5 Å². The summed E-state index contributed by atoms with van der Waals surface area (Å²) in [6.45, 7) is 1.95. The molecule has 0 saturated heterocycles. The van der Waals surface area contributed by atoms with E-state index in [2.05, 4.69) is 4.98 Å². The molecule has 0 fully saturated rings. The first-order valence-electron chi connectivity index (χ1n) is 4.57. The van der Waals surface area contributed by atoms with Gasteiger partial charge in [-0.25, -0.2) is 0 Å². The number of rotatable bonds is 4. The summed E-state index contributed by atoms with van der Waals surface area (Å²) in [5.74, 6) is 0.677. The smallest absolute Gasteiger partial charge is 0.141 e. The van der Waals surface area contributed by atoms with Crippen molar-refractivity contribution in [1.82, 2.24) is 4.98 Å². The Labute approximate surface area is 83.7 Å². The van der Waals surface area contributed by atoms with Crippen molar-refractivity contribution < 1.29 is 9.84 Å². The molecule has 1 rings (SSSR count). The van der Waals surface area contributed by atoms with Crippen molar-refractivity contribution in [3.05, 3.63) is 23.5 Å². The SMILES string of the molecule is COc1ccc(C)nc1C(N)CCO. The van der Waals surface area contributed by atoms with Crippen LogP contribution in [0.4, 0.5) is 0 Å². The third-order valence-electron chi connectivity index (χ3n) is 2.04. The number of pyridine rings is 1. The summed E-state index contributed by atoms with van der Waals surface area (Å²) in [6, 6.07) is 3.44. The Kier molecular flexibility index (Phi) is 3.85. The van der Waals surface area contributed by atoms with Gasteiger partial charge in [-0.15, -0.1) is 0 Å². The second-order valence-corrected chi connectivity index (χ2v) is 3.16. The fourth-order valence-corrected chi connectivity index (χ4v) is 1.28. The number of aromatic nitrogens is 1. The van der Waals surface area contributed by atoms with Crippen LogP contribution in [0.3, 0.4) is 0 Å². The van der Waals surface area contributed by atoms with Gasteiger partial charge in [0.2, 0.25) is 0 Å². The second-order valence-electron chi connectivity index (χ2n) is 3.16. The van der Waals surface area contributed by atoms with Gasteiger partial charge in [-0.1, -0.05) is 0 Å². The highest BCUT2D eigenvalue weighted by atomic mass is 16.5. The molecule has 0 aliphatic carbocycles. The molecule has 1 unspecified atom stereocenters. The van der Waals surface area contributed by atoms with Crippen LogP contribution in [0.5, 0.6) is 5.75 Å². The van der Waals surface area contributed by atoms with E-state index in [1.54, 1.807) is 7.11 Å². The molecule has 1 atom stereocenters. The number of aliphatic hydroxyl groups excluding tert-OH is 1. The van der Waals surface area contributed by atoms with Crippen molar-refractivity contribution in [2.24, 2.45) is 5.73 Å². The van der Waals surface area contributed by atoms with Crippen molar-refractivity contribution in [3.63, 3.8) is 0 Å². The number of hydrogen-bond acceptors (Lipinski definition) is 4. The Morgan fingerprint density at radius 3 is 2.86 bits per heavy atom. The molecular weight excluding hydrogens is 180 g/mol. The van der Waals surface area contributed by atoms with Gasteiger partial charge in [-0.3, -0.25) is 4.98 Å². The van der Waals surface area contributed by atoms with Crippen LogP contribution in [0.15, 0.2) is 12.1 Å². The lowest BCUT2D eigenvalue weighted by Gasteiger charge is -2.13. The van der Waals surface area contributed by atoms with Crippen LogP contribution in [0, 0.1) is 6.92 Å². The molecule has 0 saturated carbocycles. The topological polar surface area (TPSA) is 68.4 Å². The molecule has 0 amide bonds. The van der Waals surface area contributed by atoms with Gasteiger partial charge in [0.05, 0.1) is 18.8 Å². The molecule has 0 spiro atoms. The molecule has 4 nitrogen and oxygen atoms in total. The summed E-state index contributed by atoms with van der Waals surface area (Å²) in [5.41, 5.74) is 7.46. The van der Waals surface area contributed by atoms with E-state index in [0.29, 0.717) is 17.9 Å². The summed E-state index contributed by atoms with van der Waals surface area (Å²) in [6.07, 6.45) is 0.493. The lowest BCUT2D eigenvalue weighted by Crippen LogP contribution is -2.15. The predicted octanol–water partition coefficient (Wildman–Crippen LogP) is 0.781. The first-order valence-corrected chi connectivity index (χ1v) is 4.57. The molecule has 0 aliphatic rings. The zero-order chi connectivity index (χ0) is 10.6. The lowest BCUT2D eigenvalue weighted by molar-refractivity contribution is 0.274. The Bertz CT molecular complexity index is 302. The van der Waals surface area contributed by atoms with E-state index < -0.39 is 0 Å². The Morgan fingerprint density at radius 1 is 1.57 bits per heavy atom. The van der Waals surface area contributed by atoms with E-state index in [1.807, 2.05) is 19.1 Å². The maximum atomic E-state index is 8.78. The van der Waals surface area contributed by atoms with Crippen molar-refractivity contribution in [1.29, 1.82) is 0 Å². The summed E-state index contributed by atoms with van der Waals surface area (Å²) in [4.78, 5) is 4.30. The molecule has 4 heteroatoms. The number of ether oxygens (including phenoxy) is 1. The molecule has 0 radical (unpaired) electrons. The van der Waals surface area contributed by atoms with Crippen molar-refractivity contribution in [3.8, 4) is 5.75 Å². The minimum atomic E-state index is -0.269. The van der Waals surface area contributed by atoms with E-state index >= 15 is 0 Å². The average Bonchev–Trinajstić information content (AvgIpc) is 2.18. The summed E-state index contributed by atoms with van der Waals surface area (Å²) < 4.78 is 5.14. The first kappa shape index (κ1) is 10.9. The number of hydrogen-bond donors (Lipinski definition) is 2. The molecule has 1 aromatic heterocycles. The van der Waals surface area contributed by atoms with Crippen molar-refractivity contribution >= 4 is 0 Å². The van der Waals surface area contributed by atoms with Gasteiger partial charge in [0.1, 0.15) is 5.75 Å². The highest BCUT2D eigenvalue weighted by Crippen LogP contribution is 2.23. The minimum absolute atomic E-state index is 0.0555. The van der Waals surface area contributed by atoms with Gasteiger partial charge < -0.3 is 15.6 Å². The zero-order valence-corrected chi connectivity index (χ0v) is 8.53. The molecule has 0 bridgehead atoms. The van der Waals surface area contributed by atoms with Crippen molar-refractivity contribution in [2.45, 2.75) is 19.4 Å². The molecule has 78 valence electrons. The first-order chi connectivity index (χ1) is 6.69. The Balaban J connectivity index is 2.97. The molecular formula is C10H16N2O2. The second kappa shape index (κ2) is 4.93. The van der Waals surface area contributed by atoms with Crippen molar-refractivity contribution in [2.75, 3.05) is 13.7 Å². The van der Waals surface area contributed by atoms with E-state index in [4.69, 9.17) is 15.6 Å². The molecule has 1 heterocycles. The number of nitrogens with zero attached hydrogens (tertiary/aromatic N) is 1. The van der Waals surface area contributed by atoms with Gasteiger partial charge in [0.25, 0.3) is 0 Å². The van der Waals surface area contributed by atoms with Crippen LogP contribution in [0.1, 0.15) is 23.9 Å². The molecule has 0 aromatic carbocycles. The van der Waals surface area contributed by atoms with Gasteiger partial charge in [0.15, 0.2) is 0 Å². The van der Waals surface area contributed by atoms with E-state index in [1.165, 1.54) is 0 Å². The molecule has 0 aliphatic heterocycles. The predicted molar refractivity (Wildman–Crippen MR) is 54.2 cm³/mol. The highest BCUT2D eigenvalue weighted by molar-refractivity contribution is 5.31. The number of methoxy groups -OCH3 is 1. The average molecular weight is 196 g/mol. The third kappa shape index (κ3) is 2.43. The lowest BCUT2D eigenvalue weighted by atomic mass is 10.1. The fourth-order valence-electron chi connectivity index (χ4n) is 1.28. The van der Waals surface area contributed by atoms with E-state index in [0.717, 1.165) is 5.69 Å². The minimum Gasteiger partial charge on any atom is -0.495 e. The van der Waals surface area contributed by atoms with Gasteiger partial charge in [-0.2, -0.15) is 0 Å². The molecule has 3 N–H and O–H groups in total. The van der Waals surface area contributed by atoms with E-state index in [-0.39, 0.29) is 12.6 Å². The largest absolute Gasteiger partial charge is 0.495 e. The van der Waals surface area contributed by atoms with Crippen LogP contribution in [0.25, 0.3) is 0 Å². The Hall–Kier alpha value is -1.13. The zero-order valence-electron chi connectivity index (χ0n) is 8.53. The third-order valence-corrected chi connectivity index (χ3v) is 2.04.